The van der Waals surface area contributed by atoms with Crippen LogP contribution in [0.1, 0.15) is 43.4 Å². The Labute approximate surface area is 148 Å². The van der Waals surface area contributed by atoms with E-state index >= 15 is 0 Å². The Morgan fingerprint density at radius 1 is 1.29 bits per heavy atom. The summed E-state index contributed by atoms with van der Waals surface area (Å²) in [5.41, 5.74) is 2.12. The first kappa shape index (κ1) is 16.8. The van der Waals surface area contributed by atoms with Gasteiger partial charge in [-0.25, -0.2) is 0 Å². The summed E-state index contributed by atoms with van der Waals surface area (Å²) in [5, 5.41) is 3.85. The minimum Gasteiger partial charge on any atom is -0.494 e. The monoisotopic (exact) mass is 343 g/mol. The van der Waals surface area contributed by atoms with E-state index in [4.69, 9.17) is 16.3 Å². The van der Waals surface area contributed by atoms with E-state index in [2.05, 4.69) is 5.32 Å². The van der Waals surface area contributed by atoms with Gasteiger partial charge in [0.1, 0.15) is 5.75 Å². The summed E-state index contributed by atoms with van der Waals surface area (Å²) in [7, 11) is 0. The molecule has 126 valence electrons. The molecule has 3 nitrogen and oxygen atoms in total. The smallest absolute Gasteiger partial charge is 0.224 e. The lowest BCUT2D eigenvalue weighted by molar-refractivity contribution is -0.123. The summed E-state index contributed by atoms with van der Waals surface area (Å²) in [6.07, 6.45) is 0.862. The molecule has 1 aliphatic rings. The fourth-order valence-corrected chi connectivity index (χ4v) is 3.32. The third-order valence-electron chi connectivity index (χ3n) is 4.46. The van der Waals surface area contributed by atoms with E-state index < -0.39 is 0 Å². The molecule has 1 amide bonds. The van der Waals surface area contributed by atoms with Gasteiger partial charge in [-0.05, 0) is 55.5 Å². The summed E-state index contributed by atoms with van der Waals surface area (Å²) < 4.78 is 5.52. The highest BCUT2D eigenvalue weighted by Crippen LogP contribution is 2.49. The van der Waals surface area contributed by atoms with Gasteiger partial charge >= 0.3 is 0 Å². The maximum Gasteiger partial charge on any atom is 0.224 e. The lowest BCUT2D eigenvalue weighted by Crippen LogP contribution is -2.28. The molecule has 1 saturated carbocycles. The van der Waals surface area contributed by atoms with E-state index in [1.807, 2.05) is 62.4 Å². The van der Waals surface area contributed by atoms with Crippen LogP contribution in [0.4, 0.5) is 0 Å². The quantitative estimate of drug-likeness (QED) is 0.824. The number of ether oxygens (including phenoxy) is 1. The highest BCUT2D eigenvalue weighted by molar-refractivity contribution is 6.31. The Kier molecular flexibility index (Phi) is 5.10. The Bertz CT molecular complexity index is 731. The van der Waals surface area contributed by atoms with Crippen LogP contribution in [0.5, 0.6) is 5.75 Å². The van der Waals surface area contributed by atoms with Crippen LogP contribution in [0.3, 0.4) is 0 Å². The first-order chi connectivity index (χ1) is 11.6. The molecule has 3 rings (SSSR count). The van der Waals surface area contributed by atoms with E-state index in [-0.39, 0.29) is 23.8 Å². The number of rotatable bonds is 6. The number of hydrogen-bond acceptors (Lipinski definition) is 2. The maximum atomic E-state index is 12.5. The lowest BCUT2D eigenvalue weighted by Gasteiger charge is -2.15. The van der Waals surface area contributed by atoms with Gasteiger partial charge in [0, 0.05) is 10.9 Å². The molecule has 1 N–H and O–H groups in total. The van der Waals surface area contributed by atoms with Crippen LogP contribution in [-0.2, 0) is 4.79 Å². The second kappa shape index (κ2) is 7.27. The zero-order valence-electron chi connectivity index (χ0n) is 14.0. The zero-order chi connectivity index (χ0) is 17.1. The molecule has 0 spiro atoms. The number of carbonyl (C=O) groups is 1. The van der Waals surface area contributed by atoms with E-state index in [9.17, 15) is 4.79 Å². The fourth-order valence-electron chi connectivity index (χ4n) is 3.05. The van der Waals surface area contributed by atoms with Crippen molar-refractivity contribution in [1.29, 1.82) is 0 Å². The van der Waals surface area contributed by atoms with Crippen molar-refractivity contribution in [2.24, 2.45) is 5.92 Å². The van der Waals surface area contributed by atoms with Gasteiger partial charge in [-0.1, -0.05) is 41.9 Å². The fraction of sp³-hybridized carbons (Fsp3) is 0.350. The Balaban J connectivity index is 1.61. The molecular weight excluding hydrogens is 322 g/mol. The Morgan fingerprint density at radius 3 is 2.83 bits per heavy atom. The van der Waals surface area contributed by atoms with E-state index in [0.29, 0.717) is 6.61 Å². The van der Waals surface area contributed by atoms with Crippen LogP contribution in [0.2, 0.25) is 5.02 Å². The first-order valence-electron chi connectivity index (χ1n) is 8.37. The van der Waals surface area contributed by atoms with Crippen molar-refractivity contribution in [3.63, 3.8) is 0 Å². The maximum absolute atomic E-state index is 12.5. The lowest BCUT2D eigenvalue weighted by atomic mass is 10.1. The van der Waals surface area contributed by atoms with Gasteiger partial charge in [0.15, 0.2) is 0 Å². The third-order valence-corrected chi connectivity index (χ3v) is 4.80. The molecular formula is C20H22ClNO2. The second-order valence-electron chi connectivity index (χ2n) is 6.21. The van der Waals surface area contributed by atoms with Crippen molar-refractivity contribution < 1.29 is 9.53 Å². The SMILES string of the molecule is CCOc1cccc(C(C)NC(=O)C2CC2c2ccccc2Cl)c1. The summed E-state index contributed by atoms with van der Waals surface area (Å²) in [6.45, 7) is 4.58. The molecule has 0 radical (unpaired) electrons. The Hall–Kier alpha value is -2.00. The van der Waals surface area contributed by atoms with Gasteiger partial charge in [0.2, 0.25) is 5.91 Å². The van der Waals surface area contributed by atoms with Crippen LogP contribution in [-0.4, -0.2) is 12.5 Å². The predicted octanol–water partition coefficient (Wildman–Crippen LogP) is 4.72. The number of amides is 1. The molecule has 0 heterocycles. The summed E-state index contributed by atoms with van der Waals surface area (Å²) in [5.74, 6) is 1.17. The molecule has 3 unspecified atom stereocenters. The molecule has 4 heteroatoms. The molecule has 1 fully saturated rings. The highest BCUT2D eigenvalue weighted by Gasteiger charge is 2.45. The normalized spacial score (nSPS) is 20.3. The number of benzene rings is 2. The zero-order valence-corrected chi connectivity index (χ0v) is 14.7. The van der Waals surface area contributed by atoms with Crippen molar-refractivity contribution in [3.05, 3.63) is 64.7 Å². The molecule has 0 aliphatic heterocycles. The second-order valence-corrected chi connectivity index (χ2v) is 6.61. The van der Waals surface area contributed by atoms with Gasteiger partial charge in [-0.15, -0.1) is 0 Å². The van der Waals surface area contributed by atoms with Crippen LogP contribution >= 0.6 is 11.6 Å². The van der Waals surface area contributed by atoms with E-state index in [0.717, 1.165) is 28.3 Å². The molecule has 24 heavy (non-hydrogen) atoms. The first-order valence-corrected chi connectivity index (χ1v) is 8.75. The van der Waals surface area contributed by atoms with Crippen LogP contribution < -0.4 is 10.1 Å². The molecule has 2 aromatic rings. The minimum absolute atomic E-state index is 0.0161. The summed E-state index contributed by atoms with van der Waals surface area (Å²) in [4.78, 5) is 12.5. The van der Waals surface area contributed by atoms with Crippen molar-refractivity contribution in [2.45, 2.75) is 32.2 Å². The number of carbonyl (C=O) groups excluding carboxylic acids is 1. The third kappa shape index (κ3) is 3.73. The largest absolute Gasteiger partial charge is 0.494 e. The average Bonchev–Trinajstić information content (AvgIpc) is 3.36. The van der Waals surface area contributed by atoms with Crippen molar-refractivity contribution in [3.8, 4) is 5.75 Å². The van der Waals surface area contributed by atoms with Gasteiger partial charge in [-0.2, -0.15) is 0 Å². The number of hydrogen-bond donors (Lipinski definition) is 1. The molecule has 1 aliphatic carbocycles. The average molecular weight is 344 g/mol. The van der Waals surface area contributed by atoms with Crippen LogP contribution in [0.15, 0.2) is 48.5 Å². The van der Waals surface area contributed by atoms with Crippen molar-refractivity contribution in [1.82, 2.24) is 5.32 Å². The topological polar surface area (TPSA) is 38.3 Å². The minimum atomic E-state index is -0.0506. The van der Waals surface area contributed by atoms with Crippen molar-refractivity contribution >= 4 is 17.5 Å². The molecule has 0 aromatic heterocycles. The van der Waals surface area contributed by atoms with E-state index in [1.165, 1.54) is 0 Å². The summed E-state index contributed by atoms with van der Waals surface area (Å²) >= 11 is 6.23. The molecule has 3 atom stereocenters. The predicted molar refractivity (Wildman–Crippen MR) is 96.5 cm³/mol. The van der Waals surface area contributed by atoms with Crippen LogP contribution in [0.25, 0.3) is 0 Å². The number of halogens is 1. The van der Waals surface area contributed by atoms with E-state index in [1.54, 1.807) is 0 Å². The summed E-state index contributed by atoms with van der Waals surface area (Å²) in [6, 6.07) is 15.6. The Morgan fingerprint density at radius 2 is 2.08 bits per heavy atom. The van der Waals surface area contributed by atoms with Gasteiger partial charge in [-0.3, -0.25) is 4.79 Å². The number of nitrogens with one attached hydrogen (secondary N) is 1. The molecule has 2 aromatic carbocycles. The standard InChI is InChI=1S/C20H22ClNO2/c1-3-24-15-8-6-7-14(11-15)13(2)22-20(23)18-12-17(18)16-9-4-5-10-19(16)21/h4-11,13,17-18H,3,12H2,1-2H3,(H,22,23). The van der Waals surface area contributed by atoms with Gasteiger partial charge < -0.3 is 10.1 Å². The van der Waals surface area contributed by atoms with Crippen molar-refractivity contribution in [2.75, 3.05) is 6.61 Å². The van der Waals surface area contributed by atoms with Gasteiger partial charge in [0.25, 0.3) is 0 Å². The molecule has 0 saturated heterocycles. The van der Waals surface area contributed by atoms with Gasteiger partial charge in [0.05, 0.1) is 12.6 Å². The molecule has 0 bridgehead atoms. The van der Waals surface area contributed by atoms with Crippen LogP contribution in [0, 0.1) is 5.92 Å². The highest BCUT2D eigenvalue weighted by atomic mass is 35.5.